The molecule has 2 fully saturated rings. The maximum Gasteiger partial charge on any atom is 0.264 e. The van der Waals surface area contributed by atoms with Gasteiger partial charge in [0.1, 0.15) is 0 Å². The lowest BCUT2D eigenvalue weighted by molar-refractivity contribution is -0.119. The van der Waals surface area contributed by atoms with Crippen LogP contribution in [0.1, 0.15) is 46.0 Å². The lowest BCUT2D eigenvalue weighted by Gasteiger charge is -2.32. The van der Waals surface area contributed by atoms with Crippen molar-refractivity contribution in [3.05, 3.63) is 70.0 Å². The molecule has 2 aliphatic rings. The molecular weight excluding hydrogens is 446 g/mol. The maximum absolute atomic E-state index is 12.8. The molecule has 34 heavy (non-hydrogen) atoms. The highest BCUT2D eigenvalue weighted by molar-refractivity contribution is 7.12. The molecule has 0 bridgehead atoms. The van der Waals surface area contributed by atoms with Crippen LogP contribution in [0, 0.1) is 12.8 Å². The van der Waals surface area contributed by atoms with Crippen LogP contribution in [0.4, 0.5) is 11.5 Å². The van der Waals surface area contributed by atoms with Crippen molar-refractivity contribution in [3.8, 4) is 0 Å². The van der Waals surface area contributed by atoms with Crippen LogP contribution in [0.2, 0.25) is 0 Å². The van der Waals surface area contributed by atoms with E-state index in [1.54, 1.807) is 6.20 Å². The summed E-state index contributed by atoms with van der Waals surface area (Å²) in [7, 11) is 0. The number of nitrogens with one attached hydrogen (secondary N) is 1. The van der Waals surface area contributed by atoms with Gasteiger partial charge in [0.2, 0.25) is 5.91 Å². The second-order valence-electron chi connectivity index (χ2n) is 9.12. The summed E-state index contributed by atoms with van der Waals surface area (Å²) in [4.78, 5) is 30.5. The van der Waals surface area contributed by atoms with Gasteiger partial charge in [-0.25, -0.2) is 0 Å². The van der Waals surface area contributed by atoms with Gasteiger partial charge in [-0.15, -0.1) is 16.4 Å². The standard InChI is InChI=1S/C26H29N5O2S/c1-18-11-16-34-24(18)26(33)30-13-8-20(9-14-30)19-4-6-22(7-5-19)28-25(32)21-10-15-31(17-21)23-3-2-12-27-29-23/h2-7,11-12,16,20-21H,8-10,13-15,17H2,1H3,(H,28,32). The average molecular weight is 476 g/mol. The van der Waals surface area contributed by atoms with E-state index in [2.05, 4.69) is 32.5 Å². The van der Waals surface area contributed by atoms with Crippen LogP contribution < -0.4 is 10.2 Å². The van der Waals surface area contributed by atoms with E-state index in [1.807, 2.05) is 47.5 Å². The summed E-state index contributed by atoms with van der Waals surface area (Å²) in [5, 5.41) is 13.1. The Labute approximate surface area is 203 Å². The topological polar surface area (TPSA) is 78.4 Å². The van der Waals surface area contributed by atoms with Gasteiger partial charge in [0.15, 0.2) is 5.82 Å². The molecule has 0 aliphatic carbocycles. The number of aromatic nitrogens is 2. The molecule has 1 atom stereocenters. The van der Waals surface area contributed by atoms with Crippen LogP contribution >= 0.6 is 11.3 Å². The van der Waals surface area contributed by atoms with Gasteiger partial charge >= 0.3 is 0 Å². The number of hydrogen-bond acceptors (Lipinski definition) is 6. The number of thiophene rings is 1. The zero-order chi connectivity index (χ0) is 23.5. The fourth-order valence-corrected chi connectivity index (χ4v) is 5.77. The van der Waals surface area contributed by atoms with E-state index in [4.69, 9.17) is 0 Å². The van der Waals surface area contributed by atoms with Crippen molar-refractivity contribution in [1.82, 2.24) is 15.1 Å². The molecule has 2 aliphatic heterocycles. The van der Waals surface area contributed by atoms with Gasteiger partial charge in [-0.1, -0.05) is 12.1 Å². The maximum atomic E-state index is 12.8. The highest BCUT2D eigenvalue weighted by Crippen LogP contribution is 2.31. The largest absolute Gasteiger partial charge is 0.354 e. The third kappa shape index (κ3) is 4.82. The van der Waals surface area contributed by atoms with Crippen LogP contribution in [0.15, 0.2) is 54.0 Å². The molecule has 2 aromatic heterocycles. The predicted octanol–water partition coefficient (Wildman–Crippen LogP) is 4.33. The number of amides is 2. The Balaban J connectivity index is 1.12. The van der Waals surface area contributed by atoms with Gasteiger partial charge in [-0.05, 0) is 78.9 Å². The lowest BCUT2D eigenvalue weighted by atomic mass is 9.89. The number of likely N-dealkylation sites (tertiary alicyclic amines) is 1. The summed E-state index contributed by atoms with van der Waals surface area (Å²) < 4.78 is 0. The predicted molar refractivity (Wildman–Crippen MR) is 134 cm³/mol. The van der Waals surface area contributed by atoms with E-state index < -0.39 is 0 Å². The summed E-state index contributed by atoms with van der Waals surface area (Å²) in [6, 6.07) is 14.0. The second-order valence-corrected chi connectivity index (χ2v) is 10.0. The fourth-order valence-electron chi connectivity index (χ4n) is 4.88. The van der Waals surface area contributed by atoms with Gasteiger partial charge in [0, 0.05) is 38.1 Å². The number of piperidine rings is 1. The minimum Gasteiger partial charge on any atom is -0.354 e. The Morgan fingerprint density at radius 2 is 1.82 bits per heavy atom. The van der Waals surface area contributed by atoms with Crippen LogP contribution in [0.3, 0.4) is 0 Å². The van der Waals surface area contributed by atoms with Crippen molar-refractivity contribution in [2.75, 3.05) is 36.4 Å². The minimum atomic E-state index is -0.0597. The molecule has 2 saturated heterocycles. The molecule has 8 heteroatoms. The zero-order valence-electron chi connectivity index (χ0n) is 19.3. The quantitative estimate of drug-likeness (QED) is 0.594. The Kier molecular flexibility index (Phi) is 6.58. The number of rotatable bonds is 5. The van der Waals surface area contributed by atoms with Crippen LogP contribution in [-0.4, -0.2) is 53.1 Å². The number of carbonyl (C=O) groups excluding carboxylic acids is 2. The first-order valence-electron chi connectivity index (χ1n) is 11.9. The van der Waals surface area contributed by atoms with E-state index in [0.29, 0.717) is 12.5 Å². The van der Waals surface area contributed by atoms with E-state index in [9.17, 15) is 9.59 Å². The van der Waals surface area contributed by atoms with Crippen molar-refractivity contribution in [3.63, 3.8) is 0 Å². The molecule has 3 aromatic rings. The number of hydrogen-bond donors (Lipinski definition) is 1. The minimum absolute atomic E-state index is 0.0508. The van der Waals surface area contributed by atoms with E-state index in [1.165, 1.54) is 16.9 Å². The monoisotopic (exact) mass is 475 g/mol. The van der Waals surface area contributed by atoms with E-state index in [0.717, 1.165) is 60.8 Å². The Hall–Kier alpha value is -3.26. The van der Waals surface area contributed by atoms with E-state index in [-0.39, 0.29) is 17.7 Å². The Bertz CT molecular complexity index is 1140. The normalized spacial score (nSPS) is 18.8. The molecule has 7 nitrogen and oxygen atoms in total. The fraction of sp³-hybridized carbons (Fsp3) is 0.385. The van der Waals surface area contributed by atoms with Crippen LogP contribution in [0.25, 0.3) is 0 Å². The molecule has 1 N–H and O–H groups in total. The average Bonchev–Trinajstić information content (AvgIpc) is 3.54. The third-order valence-corrected chi connectivity index (χ3v) is 7.93. The summed E-state index contributed by atoms with van der Waals surface area (Å²) in [6.45, 7) is 5.03. The molecule has 0 radical (unpaired) electrons. The van der Waals surface area contributed by atoms with Crippen LogP contribution in [0.5, 0.6) is 0 Å². The molecule has 5 rings (SSSR count). The molecule has 0 spiro atoms. The van der Waals surface area contributed by atoms with Crippen molar-refractivity contribution in [1.29, 1.82) is 0 Å². The number of nitrogens with zero attached hydrogens (tertiary/aromatic N) is 4. The number of benzene rings is 1. The summed E-state index contributed by atoms with van der Waals surface area (Å²) in [6.07, 6.45) is 4.38. The molecular formula is C26H29N5O2S. The molecule has 1 unspecified atom stereocenters. The summed E-state index contributed by atoms with van der Waals surface area (Å²) in [5.41, 5.74) is 3.16. The first kappa shape index (κ1) is 22.5. The number of aryl methyl sites for hydroxylation is 1. The smallest absolute Gasteiger partial charge is 0.264 e. The third-order valence-electron chi connectivity index (χ3n) is 6.93. The lowest BCUT2D eigenvalue weighted by Crippen LogP contribution is -2.37. The molecule has 2 amide bonds. The van der Waals surface area contributed by atoms with Crippen LogP contribution in [-0.2, 0) is 4.79 Å². The van der Waals surface area contributed by atoms with Crippen molar-refractivity contribution in [2.45, 2.75) is 32.1 Å². The first-order valence-corrected chi connectivity index (χ1v) is 12.7. The number of carbonyl (C=O) groups is 2. The molecule has 0 saturated carbocycles. The second kappa shape index (κ2) is 9.93. The number of anilines is 2. The van der Waals surface area contributed by atoms with Gasteiger partial charge in [0.05, 0.1) is 10.8 Å². The first-order chi connectivity index (χ1) is 16.6. The molecule has 1 aromatic carbocycles. The Morgan fingerprint density at radius 1 is 1.03 bits per heavy atom. The zero-order valence-corrected chi connectivity index (χ0v) is 20.1. The summed E-state index contributed by atoms with van der Waals surface area (Å²) >= 11 is 1.53. The highest BCUT2D eigenvalue weighted by Gasteiger charge is 2.29. The van der Waals surface area contributed by atoms with Gasteiger partial charge < -0.3 is 15.1 Å². The van der Waals surface area contributed by atoms with Crippen molar-refractivity contribution < 1.29 is 9.59 Å². The van der Waals surface area contributed by atoms with Crippen molar-refractivity contribution in [2.24, 2.45) is 5.92 Å². The van der Waals surface area contributed by atoms with E-state index >= 15 is 0 Å². The van der Waals surface area contributed by atoms with Gasteiger partial charge in [-0.2, -0.15) is 5.10 Å². The van der Waals surface area contributed by atoms with Gasteiger partial charge in [0.25, 0.3) is 5.91 Å². The van der Waals surface area contributed by atoms with Crippen molar-refractivity contribution >= 4 is 34.7 Å². The summed E-state index contributed by atoms with van der Waals surface area (Å²) in [5.74, 6) is 1.41. The molecule has 176 valence electrons. The molecule has 4 heterocycles. The highest BCUT2D eigenvalue weighted by atomic mass is 32.1. The van der Waals surface area contributed by atoms with Gasteiger partial charge in [-0.3, -0.25) is 9.59 Å². The Morgan fingerprint density at radius 3 is 2.50 bits per heavy atom. The SMILES string of the molecule is Cc1ccsc1C(=O)N1CCC(c2ccc(NC(=O)C3CCN(c4cccnn4)C3)cc2)CC1.